The summed E-state index contributed by atoms with van der Waals surface area (Å²) in [5.41, 5.74) is 5.54. The highest BCUT2D eigenvalue weighted by molar-refractivity contribution is 8.27. The fraction of sp³-hybridized carbons (Fsp3) is 0.190. The Morgan fingerprint density at radius 2 is 1.64 bits per heavy atom. The number of carbonyl (C=O) groups is 1. The van der Waals surface area contributed by atoms with E-state index in [9.17, 15) is 9.59 Å². The van der Waals surface area contributed by atoms with Gasteiger partial charge in [0.25, 0.3) is 5.91 Å². The first-order chi connectivity index (χ1) is 13.3. The van der Waals surface area contributed by atoms with E-state index in [1.807, 2.05) is 56.3 Å². The van der Waals surface area contributed by atoms with Gasteiger partial charge in [0.1, 0.15) is 0 Å². The number of thiocarbonyl (C=S) groups is 1. The second-order valence-electron chi connectivity index (χ2n) is 6.93. The van der Waals surface area contributed by atoms with Crippen LogP contribution >= 0.6 is 24.0 Å². The number of carbonyl (C=O) groups excluding carboxylic acids is 1. The molecular weight excluding hydrogens is 390 g/mol. The Bertz CT molecular complexity index is 1250. The predicted octanol–water partition coefficient (Wildman–Crippen LogP) is 3.90. The highest BCUT2D eigenvalue weighted by atomic mass is 32.2. The molecule has 1 amide bonds. The molecule has 0 bridgehead atoms. The van der Waals surface area contributed by atoms with Crippen molar-refractivity contribution in [1.82, 2.24) is 9.13 Å². The molecule has 4 rings (SSSR count). The molecule has 142 valence electrons. The van der Waals surface area contributed by atoms with Gasteiger partial charge in [-0.25, -0.2) is 4.79 Å². The molecule has 1 saturated heterocycles. The zero-order valence-electron chi connectivity index (χ0n) is 16.0. The van der Waals surface area contributed by atoms with Crippen LogP contribution in [0, 0.1) is 13.8 Å². The second kappa shape index (κ2) is 6.76. The first kappa shape index (κ1) is 18.7. The van der Waals surface area contributed by atoms with E-state index in [2.05, 4.69) is 0 Å². The molecule has 2 heterocycles. The molecule has 0 atom stereocenters. The van der Waals surface area contributed by atoms with E-state index in [1.165, 1.54) is 17.3 Å². The lowest BCUT2D eigenvalue weighted by Gasteiger charge is -2.15. The topological polar surface area (TPSA) is 47.2 Å². The van der Waals surface area contributed by atoms with Crippen LogP contribution in [0.5, 0.6) is 0 Å². The molecule has 0 radical (unpaired) electrons. The number of anilines is 1. The number of thioether (sulfide) groups is 1. The van der Waals surface area contributed by atoms with Gasteiger partial charge in [0.05, 0.1) is 21.6 Å². The second-order valence-corrected chi connectivity index (χ2v) is 8.61. The van der Waals surface area contributed by atoms with Gasteiger partial charge in [-0.05, 0) is 60.9 Å². The fourth-order valence-corrected chi connectivity index (χ4v) is 4.62. The number of rotatable bonds is 2. The van der Waals surface area contributed by atoms with Gasteiger partial charge in [0, 0.05) is 14.1 Å². The molecule has 3 aromatic rings. The highest BCUT2D eigenvalue weighted by Crippen LogP contribution is 2.36. The van der Waals surface area contributed by atoms with Gasteiger partial charge in [0.2, 0.25) is 0 Å². The summed E-state index contributed by atoms with van der Waals surface area (Å²) >= 11 is 6.76. The number of benzene rings is 2. The van der Waals surface area contributed by atoms with E-state index >= 15 is 0 Å². The first-order valence-corrected chi connectivity index (χ1v) is 10.0. The third-order valence-electron chi connectivity index (χ3n) is 5.14. The maximum atomic E-state index is 13.0. The monoisotopic (exact) mass is 409 g/mol. The molecule has 0 N–H and O–H groups in total. The first-order valence-electron chi connectivity index (χ1n) is 8.78. The van der Waals surface area contributed by atoms with Crippen molar-refractivity contribution < 1.29 is 4.79 Å². The maximum absolute atomic E-state index is 13.0. The van der Waals surface area contributed by atoms with E-state index in [-0.39, 0.29) is 11.6 Å². The van der Waals surface area contributed by atoms with Gasteiger partial charge >= 0.3 is 5.69 Å². The van der Waals surface area contributed by atoms with Crippen LogP contribution < -0.4 is 10.6 Å². The van der Waals surface area contributed by atoms with Gasteiger partial charge in [-0.1, -0.05) is 36.1 Å². The van der Waals surface area contributed by atoms with Crippen LogP contribution in [0.25, 0.3) is 17.1 Å². The van der Waals surface area contributed by atoms with Crippen LogP contribution in [0.15, 0.2) is 46.1 Å². The smallest absolute Gasteiger partial charge is 0.295 e. The van der Waals surface area contributed by atoms with Crippen LogP contribution in [0.3, 0.4) is 0 Å². The van der Waals surface area contributed by atoms with Crippen LogP contribution in [0.1, 0.15) is 16.7 Å². The molecule has 7 heteroatoms. The largest absolute Gasteiger partial charge is 0.328 e. The fourth-order valence-electron chi connectivity index (χ4n) is 3.32. The van der Waals surface area contributed by atoms with Crippen LogP contribution in [0.4, 0.5) is 5.69 Å². The molecule has 0 aliphatic carbocycles. The summed E-state index contributed by atoms with van der Waals surface area (Å²) in [7, 11) is 3.49. The van der Waals surface area contributed by atoms with Gasteiger partial charge in [-0.3, -0.25) is 18.8 Å². The lowest BCUT2D eigenvalue weighted by Crippen LogP contribution is -2.27. The molecule has 0 spiro atoms. The summed E-state index contributed by atoms with van der Waals surface area (Å²) in [6, 6.07) is 11.6. The Morgan fingerprint density at radius 1 is 0.929 bits per heavy atom. The minimum Gasteiger partial charge on any atom is -0.295 e. The third-order valence-corrected chi connectivity index (χ3v) is 6.44. The summed E-state index contributed by atoms with van der Waals surface area (Å²) in [6.45, 7) is 4.06. The molecule has 1 fully saturated rings. The molecule has 1 aliphatic heterocycles. The van der Waals surface area contributed by atoms with E-state index in [1.54, 1.807) is 28.1 Å². The number of hydrogen-bond donors (Lipinski definition) is 0. The van der Waals surface area contributed by atoms with E-state index in [4.69, 9.17) is 12.2 Å². The van der Waals surface area contributed by atoms with Gasteiger partial charge < -0.3 is 0 Å². The van der Waals surface area contributed by atoms with Crippen LogP contribution in [-0.4, -0.2) is 19.4 Å². The normalized spacial score (nSPS) is 16.0. The van der Waals surface area contributed by atoms with E-state index < -0.39 is 0 Å². The number of aromatic nitrogens is 2. The molecule has 2 aromatic carbocycles. The average Bonchev–Trinajstić information content (AvgIpc) is 3.06. The van der Waals surface area contributed by atoms with Crippen molar-refractivity contribution in [2.75, 3.05) is 4.90 Å². The molecule has 0 saturated carbocycles. The van der Waals surface area contributed by atoms with Crippen molar-refractivity contribution in [2.24, 2.45) is 14.1 Å². The lowest BCUT2D eigenvalue weighted by atomic mass is 10.1. The Kier molecular flexibility index (Phi) is 4.51. The van der Waals surface area contributed by atoms with Gasteiger partial charge in [0.15, 0.2) is 4.32 Å². The number of nitrogens with zero attached hydrogens (tertiary/aromatic N) is 3. The van der Waals surface area contributed by atoms with Crippen molar-refractivity contribution in [1.29, 1.82) is 0 Å². The Balaban J connectivity index is 1.73. The van der Waals surface area contributed by atoms with Gasteiger partial charge in [-0.2, -0.15) is 0 Å². The van der Waals surface area contributed by atoms with Crippen LogP contribution in [-0.2, 0) is 18.9 Å². The average molecular weight is 410 g/mol. The Hall–Kier alpha value is -2.64. The molecular formula is C21H19N3O2S2. The van der Waals surface area contributed by atoms with Crippen molar-refractivity contribution in [2.45, 2.75) is 13.8 Å². The van der Waals surface area contributed by atoms with Crippen molar-refractivity contribution in [3.05, 3.63) is 68.5 Å². The molecule has 28 heavy (non-hydrogen) atoms. The third kappa shape index (κ3) is 2.91. The number of fused-ring (bicyclic) bond motifs is 1. The highest BCUT2D eigenvalue weighted by Gasteiger charge is 2.33. The summed E-state index contributed by atoms with van der Waals surface area (Å²) in [5.74, 6) is -0.125. The SMILES string of the molecule is Cc1ccc(N2C(=O)C(=Cc3ccc4c(c3)n(C)c(=O)n4C)SC2=S)cc1C. The minimum absolute atomic E-state index is 0.0757. The number of amides is 1. The summed E-state index contributed by atoms with van der Waals surface area (Å²) in [6.07, 6.45) is 1.83. The predicted molar refractivity (Wildman–Crippen MR) is 120 cm³/mol. The standard InChI is InChI=1S/C21H19N3O2S2/c1-12-5-7-15(9-13(12)2)24-19(25)18(28-21(24)27)11-14-6-8-16-17(10-14)23(4)20(26)22(16)3/h5-11H,1-4H3. The quantitative estimate of drug-likeness (QED) is 0.476. The molecule has 1 aliphatic rings. The summed E-state index contributed by atoms with van der Waals surface area (Å²) in [5, 5.41) is 0. The van der Waals surface area contributed by atoms with Crippen molar-refractivity contribution >= 4 is 57.0 Å². The lowest BCUT2D eigenvalue weighted by molar-refractivity contribution is -0.113. The number of aryl methyl sites for hydroxylation is 4. The molecule has 1 aromatic heterocycles. The van der Waals surface area contributed by atoms with Crippen LogP contribution in [0.2, 0.25) is 0 Å². The summed E-state index contributed by atoms with van der Waals surface area (Å²) < 4.78 is 3.73. The minimum atomic E-state index is -0.125. The Labute approximate surface area is 172 Å². The van der Waals surface area contributed by atoms with E-state index in [0.717, 1.165) is 27.8 Å². The molecule has 5 nitrogen and oxygen atoms in total. The van der Waals surface area contributed by atoms with E-state index in [0.29, 0.717) is 9.23 Å². The van der Waals surface area contributed by atoms with Crippen molar-refractivity contribution in [3.8, 4) is 0 Å². The Morgan fingerprint density at radius 3 is 2.36 bits per heavy atom. The summed E-state index contributed by atoms with van der Waals surface area (Å²) in [4.78, 5) is 27.3. The maximum Gasteiger partial charge on any atom is 0.328 e. The number of imidazole rings is 1. The van der Waals surface area contributed by atoms with Crippen molar-refractivity contribution in [3.63, 3.8) is 0 Å². The van der Waals surface area contributed by atoms with Gasteiger partial charge in [-0.15, -0.1) is 0 Å². The zero-order valence-corrected chi connectivity index (χ0v) is 17.6. The number of hydrogen-bond acceptors (Lipinski definition) is 4. The molecule has 0 unspecified atom stereocenters. The zero-order chi connectivity index (χ0) is 20.2.